The van der Waals surface area contributed by atoms with Gasteiger partial charge in [-0.2, -0.15) is 4.98 Å². The number of ether oxygens (including phenoxy) is 1. The van der Waals surface area contributed by atoms with Gasteiger partial charge in [0.2, 0.25) is 11.9 Å². The molecule has 1 aliphatic carbocycles. The average Bonchev–Trinajstić information content (AvgIpc) is 3.56. The van der Waals surface area contributed by atoms with Crippen LogP contribution in [0.4, 0.5) is 5.82 Å². The maximum Gasteiger partial charge on any atom is 0.242 e. The van der Waals surface area contributed by atoms with Crippen molar-refractivity contribution in [3.63, 3.8) is 0 Å². The van der Waals surface area contributed by atoms with Gasteiger partial charge in [0.1, 0.15) is 18.2 Å². The molecule has 0 saturated heterocycles. The SMILES string of the molecule is CCOC1CCC(NC(=O)[C@H](CC(C)C)Nc2cc(CCc3ccccc3)nc(-n3ccnc3)n2)C1. The number of carbonyl (C=O) groups excluding carboxylic acids is 1. The lowest BCUT2D eigenvalue weighted by molar-refractivity contribution is -0.122. The maximum atomic E-state index is 13.3. The standard InChI is InChI=1S/C28H38N6O2/c1-4-36-24-13-12-22(17-24)30-27(35)25(16-20(2)3)32-26-18-23(11-10-21-8-6-5-7-9-21)31-28(33-26)34-15-14-29-19-34/h5-9,14-15,18-20,22,24-25H,4,10-13,16-17H2,1-3H3,(H,30,35)(H,31,32,33)/t22?,24?,25-/m0/s1. The molecule has 2 aromatic heterocycles. The number of imidazole rings is 1. The van der Waals surface area contributed by atoms with E-state index in [4.69, 9.17) is 14.7 Å². The first kappa shape index (κ1) is 25.8. The van der Waals surface area contributed by atoms with Crippen molar-refractivity contribution in [2.45, 2.75) is 77.5 Å². The molecule has 4 rings (SSSR count). The molecule has 0 spiro atoms. The third-order valence-electron chi connectivity index (χ3n) is 6.49. The number of nitrogens with zero attached hydrogens (tertiary/aromatic N) is 4. The molecule has 2 unspecified atom stereocenters. The fourth-order valence-electron chi connectivity index (χ4n) is 4.74. The Bertz CT molecular complexity index is 1090. The van der Waals surface area contributed by atoms with Crippen molar-refractivity contribution < 1.29 is 9.53 Å². The molecule has 8 heteroatoms. The van der Waals surface area contributed by atoms with Crippen LogP contribution in [0.25, 0.3) is 5.95 Å². The molecular weight excluding hydrogens is 452 g/mol. The van der Waals surface area contributed by atoms with Gasteiger partial charge >= 0.3 is 0 Å². The largest absolute Gasteiger partial charge is 0.378 e. The molecule has 8 nitrogen and oxygen atoms in total. The molecular formula is C28H38N6O2. The predicted molar refractivity (Wildman–Crippen MR) is 141 cm³/mol. The van der Waals surface area contributed by atoms with Crippen molar-refractivity contribution in [3.05, 3.63) is 66.4 Å². The van der Waals surface area contributed by atoms with E-state index in [1.807, 2.05) is 25.3 Å². The lowest BCUT2D eigenvalue weighted by Gasteiger charge is -2.23. The number of aryl methyl sites for hydroxylation is 2. The summed E-state index contributed by atoms with van der Waals surface area (Å²) in [7, 11) is 0. The quantitative estimate of drug-likeness (QED) is 0.392. The summed E-state index contributed by atoms with van der Waals surface area (Å²) in [6.07, 6.45) is 10.6. The van der Waals surface area contributed by atoms with E-state index in [0.717, 1.165) is 37.8 Å². The minimum Gasteiger partial charge on any atom is -0.378 e. The van der Waals surface area contributed by atoms with Crippen LogP contribution in [-0.4, -0.2) is 50.2 Å². The molecule has 36 heavy (non-hydrogen) atoms. The molecule has 0 bridgehead atoms. The van der Waals surface area contributed by atoms with Crippen LogP contribution >= 0.6 is 0 Å². The normalized spacial score (nSPS) is 18.3. The second-order valence-corrected chi connectivity index (χ2v) is 9.92. The zero-order valence-corrected chi connectivity index (χ0v) is 21.6. The molecule has 192 valence electrons. The van der Waals surface area contributed by atoms with Gasteiger partial charge in [0.25, 0.3) is 0 Å². The fourth-order valence-corrected chi connectivity index (χ4v) is 4.74. The van der Waals surface area contributed by atoms with Crippen LogP contribution in [0.15, 0.2) is 55.1 Å². The highest BCUT2D eigenvalue weighted by Crippen LogP contribution is 2.23. The third kappa shape index (κ3) is 7.37. The molecule has 0 aliphatic heterocycles. The van der Waals surface area contributed by atoms with Gasteiger partial charge in [-0.15, -0.1) is 0 Å². The Morgan fingerprint density at radius 3 is 2.72 bits per heavy atom. The van der Waals surface area contributed by atoms with E-state index in [-0.39, 0.29) is 24.1 Å². The molecule has 0 radical (unpaired) electrons. The molecule has 3 atom stereocenters. The molecule has 2 heterocycles. The Balaban J connectivity index is 1.51. The van der Waals surface area contributed by atoms with Gasteiger partial charge in [-0.05, 0) is 56.9 Å². The van der Waals surface area contributed by atoms with E-state index in [1.165, 1.54) is 5.56 Å². The number of nitrogens with one attached hydrogen (secondary N) is 2. The van der Waals surface area contributed by atoms with Gasteiger partial charge in [0.15, 0.2) is 0 Å². The number of carbonyl (C=O) groups is 1. The Kier molecular flexibility index (Phi) is 9.06. The number of benzene rings is 1. The summed E-state index contributed by atoms with van der Waals surface area (Å²) in [5.74, 6) is 1.55. The van der Waals surface area contributed by atoms with E-state index in [2.05, 4.69) is 53.7 Å². The molecule has 3 aromatic rings. The molecule has 1 fully saturated rings. The Labute approximate surface area is 213 Å². The first-order chi connectivity index (χ1) is 17.5. The van der Waals surface area contributed by atoms with E-state index >= 15 is 0 Å². The van der Waals surface area contributed by atoms with E-state index in [9.17, 15) is 4.79 Å². The van der Waals surface area contributed by atoms with Crippen molar-refractivity contribution in [1.82, 2.24) is 24.8 Å². The smallest absolute Gasteiger partial charge is 0.242 e. The number of anilines is 1. The van der Waals surface area contributed by atoms with E-state index in [1.54, 1.807) is 17.1 Å². The molecule has 1 aromatic carbocycles. The van der Waals surface area contributed by atoms with Crippen molar-refractivity contribution >= 4 is 11.7 Å². The number of hydrogen-bond donors (Lipinski definition) is 2. The second-order valence-electron chi connectivity index (χ2n) is 9.92. The van der Waals surface area contributed by atoms with Gasteiger partial charge in [-0.1, -0.05) is 44.2 Å². The highest BCUT2D eigenvalue weighted by Gasteiger charge is 2.29. The van der Waals surface area contributed by atoms with Gasteiger partial charge in [-0.3, -0.25) is 9.36 Å². The fraction of sp³-hybridized carbons (Fsp3) is 0.500. The lowest BCUT2D eigenvalue weighted by Crippen LogP contribution is -2.44. The van der Waals surface area contributed by atoms with Crippen LogP contribution in [0.3, 0.4) is 0 Å². The van der Waals surface area contributed by atoms with Crippen molar-refractivity contribution in [2.75, 3.05) is 11.9 Å². The van der Waals surface area contributed by atoms with Crippen LogP contribution in [-0.2, 0) is 22.4 Å². The summed E-state index contributed by atoms with van der Waals surface area (Å²) >= 11 is 0. The van der Waals surface area contributed by atoms with Crippen LogP contribution in [0.2, 0.25) is 0 Å². The van der Waals surface area contributed by atoms with E-state index in [0.29, 0.717) is 30.7 Å². The summed E-state index contributed by atoms with van der Waals surface area (Å²) in [5.41, 5.74) is 2.17. The average molecular weight is 491 g/mol. The summed E-state index contributed by atoms with van der Waals surface area (Å²) in [6.45, 7) is 6.99. The van der Waals surface area contributed by atoms with Crippen molar-refractivity contribution in [3.8, 4) is 5.95 Å². The first-order valence-electron chi connectivity index (χ1n) is 13.1. The monoisotopic (exact) mass is 490 g/mol. The number of hydrogen-bond acceptors (Lipinski definition) is 6. The zero-order valence-electron chi connectivity index (χ0n) is 21.6. The minimum absolute atomic E-state index is 0.0134. The number of aromatic nitrogens is 4. The first-order valence-corrected chi connectivity index (χ1v) is 13.1. The van der Waals surface area contributed by atoms with Gasteiger partial charge in [0.05, 0.1) is 6.10 Å². The summed E-state index contributed by atoms with van der Waals surface area (Å²) in [6, 6.07) is 12.1. The van der Waals surface area contributed by atoms with Gasteiger partial charge in [-0.25, -0.2) is 9.97 Å². The molecule has 1 saturated carbocycles. The van der Waals surface area contributed by atoms with Crippen LogP contribution in [0.1, 0.15) is 57.7 Å². The van der Waals surface area contributed by atoms with Crippen LogP contribution in [0.5, 0.6) is 0 Å². The lowest BCUT2D eigenvalue weighted by atomic mass is 10.0. The summed E-state index contributed by atoms with van der Waals surface area (Å²) in [4.78, 5) is 27.0. The number of amides is 1. The second kappa shape index (κ2) is 12.6. The topological polar surface area (TPSA) is 94.0 Å². The molecule has 1 aliphatic rings. The zero-order chi connectivity index (χ0) is 25.3. The maximum absolute atomic E-state index is 13.3. The Hall–Kier alpha value is -3.26. The van der Waals surface area contributed by atoms with E-state index < -0.39 is 0 Å². The minimum atomic E-state index is -0.386. The summed E-state index contributed by atoms with van der Waals surface area (Å²) in [5, 5.41) is 6.69. The molecule has 1 amide bonds. The summed E-state index contributed by atoms with van der Waals surface area (Å²) < 4.78 is 7.55. The van der Waals surface area contributed by atoms with Gasteiger partial charge in [0, 0.05) is 36.8 Å². The Morgan fingerprint density at radius 1 is 1.17 bits per heavy atom. The molecule has 2 N–H and O–H groups in total. The highest BCUT2D eigenvalue weighted by molar-refractivity contribution is 5.84. The third-order valence-corrected chi connectivity index (χ3v) is 6.49. The predicted octanol–water partition coefficient (Wildman–Crippen LogP) is 4.35. The van der Waals surface area contributed by atoms with Crippen LogP contribution in [0, 0.1) is 5.92 Å². The Morgan fingerprint density at radius 2 is 2.00 bits per heavy atom. The van der Waals surface area contributed by atoms with Gasteiger partial charge < -0.3 is 15.4 Å². The van der Waals surface area contributed by atoms with Crippen molar-refractivity contribution in [1.29, 1.82) is 0 Å². The number of rotatable bonds is 12. The van der Waals surface area contributed by atoms with Crippen LogP contribution < -0.4 is 10.6 Å². The highest BCUT2D eigenvalue weighted by atomic mass is 16.5. The van der Waals surface area contributed by atoms with Crippen molar-refractivity contribution in [2.24, 2.45) is 5.92 Å².